The normalized spacial score (nSPS) is 11.8. The van der Waals surface area contributed by atoms with Crippen molar-refractivity contribution >= 4 is 23.9 Å². The molecule has 1 heterocycles. The minimum atomic E-state index is -1.04. The van der Waals surface area contributed by atoms with Gasteiger partial charge in [-0.05, 0) is 43.9 Å². The molecule has 0 aliphatic heterocycles. The lowest BCUT2D eigenvalue weighted by molar-refractivity contribution is 0.112. The molecule has 1 aromatic carbocycles. The van der Waals surface area contributed by atoms with Crippen LogP contribution >= 0.6 is 11.8 Å². The molecule has 0 saturated carbocycles. The van der Waals surface area contributed by atoms with Crippen molar-refractivity contribution in [2.75, 3.05) is 11.6 Å². The van der Waals surface area contributed by atoms with E-state index in [2.05, 4.69) is 21.9 Å². The number of anilines is 1. The van der Waals surface area contributed by atoms with E-state index in [-0.39, 0.29) is 22.2 Å². The van der Waals surface area contributed by atoms with Gasteiger partial charge in [0.15, 0.2) is 11.4 Å². The van der Waals surface area contributed by atoms with Crippen LogP contribution in [0.4, 0.5) is 19.0 Å². The van der Waals surface area contributed by atoms with Gasteiger partial charge in [-0.3, -0.25) is 4.79 Å². The largest absolute Gasteiger partial charge is 0.335 e. The number of allylic oxidation sites excluding steroid dienone is 2. The number of nitrogens with zero attached hydrogens (tertiary/aromatic N) is 2. The summed E-state index contributed by atoms with van der Waals surface area (Å²) in [4.78, 5) is 20.1. The number of carbonyl (C=O) groups excluding carboxylic acids is 1. The standard InChI is InChI=1S/C18H16F3N3OS/c1-9-7-12(21)5-6-13(9)16-14(8-25)17(24-18(23-16)26-4)22-15(10(2)19)11(3)20/h5-8H,2H2,1,3-4H3,(H,22,23,24)/b15-11-. The Bertz CT molecular complexity index is 909. The van der Waals surface area contributed by atoms with Crippen LogP contribution in [-0.4, -0.2) is 22.5 Å². The summed E-state index contributed by atoms with van der Waals surface area (Å²) in [6.45, 7) is 5.79. The number of aromatic nitrogens is 2. The SMILES string of the molecule is C=C(F)/C(Nc1nc(SC)nc(-c2ccc(F)cc2C)c1C=O)=C(\C)F. The van der Waals surface area contributed by atoms with Crippen molar-refractivity contribution in [2.24, 2.45) is 0 Å². The lowest BCUT2D eigenvalue weighted by Crippen LogP contribution is -2.10. The van der Waals surface area contributed by atoms with E-state index in [1.807, 2.05) is 0 Å². The Labute approximate surface area is 153 Å². The van der Waals surface area contributed by atoms with Crippen LogP contribution in [0.5, 0.6) is 0 Å². The van der Waals surface area contributed by atoms with Crippen molar-refractivity contribution in [3.63, 3.8) is 0 Å². The van der Waals surface area contributed by atoms with E-state index in [9.17, 15) is 18.0 Å². The van der Waals surface area contributed by atoms with E-state index in [1.54, 1.807) is 13.2 Å². The first-order valence-electron chi connectivity index (χ1n) is 7.44. The molecule has 0 aliphatic carbocycles. The first-order valence-corrected chi connectivity index (χ1v) is 8.66. The zero-order chi connectivity index (χ0) is 19.4. The summed E-state index contributed by atoms with van der Waals surface area (Å²) in [7, 11) is 0. The number of hydrogen-bond acceptors (Lipinski definition) is 5. The van der Waals surface area contributed by atoms with Crippen LogP contribution in [0.1, 0.15) is 22.8 Å². The van der Waals surface area contributed by atoms with Crippen LogP contribution in [0.25, 0.3) is 11.3 Å². The summed E-state index contributed by atoms with van der Waals surface area (Å²) in [6.07, 6.45) is 2.20. The summed E-state index contributed by atoms with van der Waals surface area (Å²) in [6, 6.07) is 4.03. The molecule has 1 aromatic heterocycles. The third-order valence-corrected chi connectivity index (χ3v) is 4.08. The number of halogens is 3. The van der Waals surface area contributed by atoms with Crippen LogP contribution in [0.15, 0.2) is 47.3 Å². The molecule has 8 heteroatoms. The number of hydrogen-bond donors (Lipinski definition) is 1. The first-order chi connectivity index (χ1) is 12.3. The average Bonchev–Trinajstić information content (AvgIpc) is 2.58. The minimum Gasteiger partial charge on any atom is -0.335 e. The van der Waals surface area contributed by atoms with Crippen LogP contribution in [0.3, 0.4) is 0 Å². The Morgan fingerprint density at radius 2 is 2.00 bits per heavy atom. The molecule has 0 spiro atoms. The molecule has 0 bridgehead atoms. The molecule has 0 unspecified atom stereocenters. The van der Waals surface area contributed by atoms with Crippen LogP contribution in [0.2, 0.25) is 0 Å². The van der Waals surface area contributed by atoms with Crippen LogP contribution in [-0.2, 0) is 0 Å². The Morgan fingerprint density at radius 3 is 2.50 bits per heavy atom. The Kier molecular flexibility index (Phi) is 6.20. The van der Waals surface area contributed by atoms with Crippen LogP contribution < -0.4 is 5.32 Å². The molecule has 2 rings (SSSR count). The van der Waals surface area contributed by atoms with Gasteiger partial charge in [0.05, 0.1) is 11.3 Å². The second-order valence-corrected chi connectivity index (χ2v) is 6.11. The summed E-state index contributed by atoms with van der Waals surface area (Å²) in [5.74, 6) is -2.38. The molecule has 0 radical (unpaired) electrons. The maximum atomic E-state index is 13.6. The van der Waals surface area contributed by atoms with E-state index in [0.29, 0.717) is 17.4 Å². The second kappa shape index (κ2) is 8.18. The third-order valence-electron chi connectivity index (χ3n) is 3.53. The smallest absolute Gasteiger partial charge is 0.189 e. The van der Waals surface area contributed by atoms with Crippen molar-refractivity contribution in [2.45, 2.75) is 19.0 Å². The fourth-order valence-electron chi connectivity index (χ4n) is 2.30. The molecular formula is C18H16F3N3OS. The molecule has 1 N–H and O–H groups in total. The van der Waals surface area contributed by atoms with Gasteiger partial charge in [0.25, 0.3) is 0 Å². The number of rotatable bonds is 6. The Morgan fingerprint density at radius 1 is 1.31 bits per heavy atom. The molecule has 0 amide bonds. The minimum absolute atomic E-state index is 0.00231. The molecule has 0 aliphatic rings. The van der Waals surface area contributed by atoms with E-state index >= 15 is 0 Å². The number of carbonyl (C=O) groups is 1. The van der Waals surface area contributed by atoms with Crippen molar-refractivity contribution in [3.8, 4) is 11.3 Å². The van der Waals surface area contributed by atoms with Gasteiger partial charge < -0.3 is 5.32 Å². The molecule has 26 heavy (non-hydrogen) atoms. The predicted octanol–water partition coefficient (Wildman–Crippen LogP) is 5.22. The van der Waals surface area contributed by atoms with Gasteiger partial charge >= 0.3 is 0 Å². The first kappa shape index (κ1) is 19.7. The van der Waals surface area contributed by atoms with Crippen molar-refractivity contribution < 1.29 is 18.0 Å². The highest BCUT2D eigenvalue weighted by Crippen LogP contribution is 2.31. The topological polar surface area (TPSA) is 54.9 Å². The van der Waals surface area contributed by atoms with E-state index in [0.717, 1.165) is 6.92 Å². The van der Waals surface area contributed by atoms with E-state index in [1.165, 1.54) is 30.0 Å². The molecule has 0 atom stereocenters. The van der Waals surface area contributed by atoms with Crippen molar-refractivity contribution in [3.05, 3.63) is 59.1 Å². The van der Waals surface area contributed by atoms with Gasteiger partial charge in [-0.25, -0.2) is 23.1 Å². The van der Waals surface area contributed by atoms with E-state index in [4.69, 9.17) is 0 Å². The molecule has 136 valence electrons. The van der Waals surface area contributed by atoms with Crippen LogP contribution in [0, 0.1) is 12.7 Å². The van der Waals surface area contributed by atoms with Gasteiger partial charge in [0.2, 0.25) is 0 Å². The fraction of sp³-hybridized carbons (Fsp3) is 0.167. The second-order valence-electron chi connectivity index (χ2n) is 5.34. The van der Waals surface area contributed by atoms with Gasteiger partial charge in [-0.15, -0.1) is 0 Å². The lowest BCUT2D eigenvalue weighted by atomic mass is 10.0. The fourth-order valence-corrected chi connectivity index (χ4v) is 2.67. The molecule has 0 fully saturated rings. The predicted molar refractivity (Wildman–Crippen MR) is 97.0 cm³/mol. The maximum Gasteiger partial charge on any atom is 0.189 e. The van der Waals surface area contributed by atoms with Crippen molar-refractivity contribution in [1.82, 2.24) is 9.97 Å². The van der Waals surface area contributed by atoms with Gasteiger partial charge in [-0.1, -0.05) is 18.3 Å². The number of aldehydes is 1. The third kappa shape index (κ3) is 4.13. The lowest BCUT2D eigenvalue weighted by Gasteiger charge is -2.15. The number of benzene rings is 1. The highest BCUT2D eigenvalue weighted by molar-refractivity contribution is 7.98. The zero-order valence-electron chi connectivity index (χ0n) is 14.4. The summed E-state index contributed by atoms with van der Waals surface area (Å²) in [5.41, 5.74) is 0.783. The van der Waals surface area contributed by atoms with Gasteiger partial charge in [0, 0.05) is 5.56 Å². The monoisotopic (exact) mass is 379 g/mol. The summed E-state index contributed by atoms with van der Waals surface area (Å²) < 4.78 is 40.5. The number of thioether (sulfide) groups is 1. The zero-order valence-corrected chi connectivity index (χ0v) is 15.2. The highest BCUT2D eigenvalue weighted by Gasteiger charge is 2.19. The number of aryl methyl sites for hydroxylation is 1. The molecular weight excluding hydrogens is 363 g/mol. The van der Waals surface area contributed by atoms with Crippen molar-refractivity contribution in [1.29, 1.82) is 0 Å². The quantitative estimate of drug-likeness (QED) is 0.323. The Hall–Kier alpha value is -2.61. The summed E-state index contributed by atoms with van der Waals surface area (Å²) >= 11 is 1.19. The average molecular weight is 379 g/mol. The summed E-state index contributed by atoms with van der Waals surface area (Å²) in [5, 5.41) is 2.75. The van der Waals surface area contributed by atoms with E-state index < -0.39 is 23.2 Å². The van der Waals surface area contributed by atoms with Gasteiger partial charge in [0.1, 0.15) is 29.0 Å². The Balaban J connectivity index is 2.72. The maximum absolute atomic E-state index is 13.6. The number of nitrogens with one attached hydrogen (secondary N) is 1. The molecule has 2 aromatic rings. The molecule has 4 nitrogen and oxygen atoms in total. The highest BCUT2D eigenvalue weighted by atomic mass is 32.2. The van der Waals surface area contributed by atoms with Gasteiger partial charge in [-0.2, -0.15) is 0 Å². The molecule has 0 saturated heterocycles.